The number of amides is 1. The van der Waals surface area contributed by atoms with Gasteiger partial charge in [-0.2, -0.15) is 17.0 Å². The summed E-state index contributed by atoms with van der Waals surface area (Å²) in [6.45, 7) is 8.62. The fraction of sp³-hybridized carbons (Fsp3) is 0.929. The Labute approximate surface area is 134 Å². The van der Waals surface area contributed by atoms with Crippen molar-refractivity contribution in [1.82, 2.24) is 13.9 Å². The maximum atomic E-state index is 12.4. The quantitative estimate of drug-likeness (QED) is 0.799. The van der Waals surface area contributed by atoms with Crippen LogP contribution in [0.4, 0.5) is 4.79 Å². The highest BCUT2D eigenvalue weighted by molar-refractivity contribution is 7.86. The molecule has 0 aromatic rings. The van der Waals surface area contributed by atoms with Gasteiger partial charge < -0.3 is 10.1 Å². The molecule has 0 spiro atoms. The van der Waals surface area contributed by atoms with Gasteiger partial charge in [0.05, 0.1) is 0 Å². The van der Waals surface area contributed by atoms with Gasteiger partial charge in [-0.05, 0) is 33.6 Å². The van der Waals surface area contributed by atoms with Gasteiger partial charge >= 0.3 is 6.09 Å². The molecule has 130 valence electrons. The van der Waals surface area contributed by atoms with Crippen LogP contribution in [0, 0.1) is 0 Å². The van der Waals surface area contributed by atoms with Crippen molar-refractivity contribution in [2.75, 3.05) is 26.7 Å². The second kappa shape index (κ2) is 7.61. The minimum absolute atomic E-state index is 0.204. The Hall–Kier alpha value is -0.860. The van der Waals surface area contributed by atoms with E-state index in [9.17, 15) is 13.2 Å². The highest BCUT2D eigenvalue weighted by Crippen LogP contribution is 2.17. The molecule has 1 N–H and O–H groups in total. The first-order chi connectivity index (χ1) is 10.1. The molecule has 8 heteroatoms. The Bertz CT molecular complexity index is 473. The summed E-state index contributed by atoms with van der Waals surface area (Å²) >= 11 is 0. The number of hydrogen-bond donors (Lipinski definition) is 1. The molecule has 1 heterocycles. The molecule has 0 unspecified atom stereocenters. The lowest BCUT2D eigenvalue weighted by molar-refractivity contribution is 0.0507. The van der Waals surface area contributed by atoms with E-state index in [0.29, 0.717) is 19.5 Å². The van der Waals surface area contributed by atoms with E-state index in [2.05, 4.69) is 5.32 Å². The standard InChI is InChI=1S/C14H29N3O4S/c1-6-7-9-16(5)22(19,20)17-10-8-12(11-17)15-13(18)21-14(2,3)4/h12H,6-11H2,1-5H3,(H,15,18)/t12-/m0/s1. The van der Waals surface area contributed by atoms with Crippen LogP contribution in [0.1, 0.15) is 47.0 Å². The van der Waals surface area contributed by atoms with Crippen molar-refractivity contribution in [3.8, 4) is 0 Å². The normalized spacial score (nSPS) is 20.4. The monoisotopic (exact) mass is 335 g/mol. The summed E-state index contributed by atoms with van der Waals surface area (Å²) in [6, 6.07) is -0.204. The second-order valence-corrected chi connectivity index (χ2v) is 8.71. The maximum absolute atomic E-state index is 12.4. The Balaban J connectivity index is 2.53. The summed E-state index contributed by atoms with van der Waals surface area (Å²) in [5.74, 6) is 0. The summed E-state index contributed by atoms with van der Waals surface area (Å²) < 4.78 is 32.8. The highest BCUT2D eigenvalue weighted by atomic mass is 32.2. The molecule has 7 nitrogen and oxygen atoms in total. The minimum atomic E-state index is -3.44. The van der Waals surface area contributed by atoms with E-state index in [4.69, 9.17) is 4.74 Å². The van der Waals surface area contributed by atoms with E-state index in [-0.39, 0.29) is 12.6 Å². The van der Waals surface area contributed by atoms with Gasteiger partial charge in [0, 0.05) is 32.7 Å². The van der Waals surface area contributed by atoms with Gasteiger partial charge in [0.15, 0.2) is 0 Å². The number of carbonyl (C=O) groups is 1. The van der Waals surface area contributed by atoms with E-state index in [1.165, 1.54) is 8.61 Å². The smallest absolute Gasteiger partial charge is 0.407 e. The van der Waals surface area contributed by atoms with Crippen molar-refractivity contribution < 1.29 is 17.9 Å². The molecule has 1 aliphatic rings. The largest absolute Gasteiger partial charge is 0.444 e. The number of ether oxygens (including phenoxy) is 1. The van der Waals surface area contributed by atoms with Crippen LogP contribution in [0.5, 0.6) is 0 Å². The van der Waals surface area contributed by atoms with Crippen LogP contribution < -0.4 is 5.32 Å². The predicted molar refractivity (Wildman–Crippen MR) is 85.8 cm³/mol. The van der Waals surface area contributed by atoms with E-state index in [1.54, 1.807) is 27.8 Å². The second-order valence-electron chi connectivity index (χ2n) is 6.67. The average Bonchev–Trinajstić information content (AvgIpc) is 2.82. The van der Waals surface area contributed by atoms with E-state index < -0.39 is 21.9 Å². The summed E-state index contributed by atoms with van der Waals surface area (Å²) in [5.41, 5.74) is -0.561. The molecule has 0 aromatic heterocycles. The number of alkyl carbamates (subject to hydrolysis) is 1. The van der Waals surface area contributed by atoms with Crippen molar-refractivity contribution in [2.24, 2.45) is 0 Å². The summed E-state index contributed by atoms with van der Waals surface area (Å²) in [7, 11) is -1.84. The number of nitrogens with zero attached hydrogens (tertiary/aromatic N) is 2. The highest BCUT2D eigenvalue weighted by Gasteiger charge is 2.35. The summed E-state index contributed by atoms with van der Waals surface area (Å²) in [5, 5.41) is 2.73. The van der Waals surface area contributed by atoms with Crippen LogP contribution in [-0.2, 0) is 14.9 Å². The Morgan fingerprint density at radius 1 is 1.41 bits per heavy atom. The average molecular weight is 335 g/mol. The molecule has 1 aliphatic heterocycles. The van der Waals surface area contributed by atoms with Gasteiger partial charge in [0.2, 0.25) is 0 Å². The van der Waals surface area contributed by atoms with E-state index in [0.717, 1.165) is 12.8 Å². The molecule has 1 fully saturated rings. The zero-order chi connectivity index (χ0) is 17.0. The third-order valence-electron chi connectivity index (χ3n) is 3.42. The van der Waals surface area contributed by atoms with Crippen molar-refractivity contribution in [2.45, 2.75) is 58.6 Å². The Morgan fingerprint density at radius 3 is 2.59 bits per heavy atom. The third kappa shape index (κ3) is 5.73. The number of rotatable bonds is 6. The molecular weight excluding hydrogens is 306 g/mol. The summed E-state index contributed by atoms with van der Waals surface area (Å²) in [6.07, 6.45) is 1.88. The molecule has 0 radical (unpaired) electrons. The van der Waals surface area contributed by atoms with Gasteiger partial charge in [0.25, 0.3) is 10.2 Å². The van der Waals surface area contributed by atoms with Crippen molar-refractivity contribution >= 4 is 16.3 Å². The van der Waals surface area contributed by atoms with Crippen LogP contribution in [0.3, 0.4) is 0 Å². The Morgan fingerprint density at radius 2 is 2.05 bits per heavy atom. The number of unbranched alkanes of at least 4 members (excludes halogenated alkanes) is 1. The van der Waals surface area contributed by atoms with Crippen molar-refractivity contribution in [1.29, 1.82) is 0 Å². The van der Waals surface area contributed by atoms with Crippen LogP contribution in [0.25, 0.3) is 0 Å². The third-order valence-corrected chi connectivity index (χ3v) is 5.37. The molecule has 1 atom stereocenters. The molecule has 0 saturated carbocycles. The first-order valence-electron chi connectivity index (χ1n) is 7.77. The number of carbonyl (C=O) groups excluding carboxylic acids is 1. The van der Waals surface area contributed by atoms with Crippen LogP contribution in [-0.4, -0.2) is 61.4 Å². The molecule has 0 aliphatic carbocycles. The van der Waals surface area contributed by atoms with Gasteiger partial charge in [0.1, 0.15) is 5.60 Å². The van der Waals surface area contributed by atoms with E-state index >= 15 is 0 Å². The minimum Gasteiger partial charge on any atom is -0.444 e. The van der Waals surface area contributed by atoms with Gasteiger partial charge in [-0.25, -0.2) is 4.79 Å². The van der Waals surface area contributed by atoms with Crippen molar-refractivity contribution in [3.63, 3.8) is 0 Å². The van der Waals surface area contributed by atoms with Crippen LogP contribution in [0.2, 0.25) is 0 Å². The molecule has 0 aromatic carbocycles. The SMILES string of the molecule is CCCCN(C)S(=O)(=O)N1CC[C@H](NC(=O)OC(C)(C)C)C1. The first-order valence-corrected chi connectivity index (χ1v) is 9.17. The maximum Gasteiger partial charge on any atom is 0.407 e. The first kappa shape index (κ1) is 19.2. The van der Waals surface area contributed by atoms with Crippen LogP contribution >= 0.6 is 0 Å². The Kier molecular flexibility index (Phi) is 6.64. The van der Waals surface area contributed by atoms with Crippen LogP contribution in [0.15, 0.2) is 0 Å². The molecular formula is C14H29N3O4S. The molecule has 0 bridgehead atoms. The zero-order valence-corrected chi connectivity index (χ0v) is 15.1. The lowest BCUT2D eigenvalue weighted by Crippen LogP contribution is -2.44. The topological polar surface area (TPSA) is 79.0 Å². The lowest BCUT2D eigenvalue weighted by Gasteiger charge is -2.24. The van der Waals surface area contributed by atoms with Gasteiger partial charge in [-0.15, -0.1) is 0 Å². The molecule has 22 heavy (non-hydrogen) atoms. The number of nitrogens with one attached hydrogen (secondary N) is 1. The fourth-order valence-electron chi connectivity index (χ4n) is 2.22. The lowest BCUT2D eigenvalue weighted by atomic mass is 10.2. The molecule has 1 saturated heterocycles. The fourth-order valence-corrected chi connectivity index (χ4v) is 3.68. The summed E-state index contributed by atoms with van der Waals surface area (Å²) in [4.78, 5) is 11.7. The van der Waals surface area contributed by atoms with E-state index in [1.807, 2.05) is 6.92 Å². The van der Waals surface area contributed by atoms with Crippen molar-refractivity contribution in [3.05, 3.63) is 0 Å². The zero-order valence-electron chi connectivity index (χ0n) is 14.3. The molecule has 1 rings (SSSR count). The molecule has 1 amide bonds. The van der Waals surface area contributed by atoms with Gasteiger partial charge in [-0.3, -0.25) is 0 Å². The van der Waals surface area contributed by atoms with Gasteiger partial charge in [-0.1, -0.05) is 13.3 Å². The number of hydrogen-bond acceptors (Lipinski definition) is 4. The predicted octanol–water partition coefficient (Wildman–Crippen LogP) is 1.56.